The van der Waals surface area contributed by atoms with Gasteiger partial charge in [0.25, 0.3) is 0 Å². The molecular formula is C29H36N6O4. The standard InChI is InChI=1S/C29H36N6O4/c1-33-10-12-34(13-11-33)14-15-35-19-20(23-18-22(38-2)5-6-25(23)35)16-27-28(36)24-17-21(4-7-26(24)39-27)32-29(37)31-9-3-8-30/h4-7,16-19H,3,8-15,30H2,1-2H3,(H2,31,32,37)/b27-16-. The first-order chi connectivity index (χ1) is 18.9. The van der Waals surface area contributed by atoms with Crippen LogP contribution in [0, 0.1) is 0 Å². The predicted molar refractivity (Wildman–Crippen MR) is 152 cm³/mol. The van der Waals surface area contributed by atoms with E-state index in [-0.39, 0.29) is 17.6 Å². The van der Waals surface area contributed by atoms with Gasteiger partial charge in [0.1, 0.15) is 11.5 Å². The van der Waals surface area contributed by atoms with Gasteiger partial charge in [-0.25, -0.2) is 4.79 Å². The van der Waals surface area contributed by atoms with Gasteiger partial charge in [-0.05, 0) is 62.5 Å². The number of nitrogens with two attached hydrogens (primary N) is 1. The number of piperazine rings is 1. The summed E-state index contributed by atoms with van der Waals surface area (Å²) in [4.78, 5) is 30.2. The Morgan fingerprint density at radius 3 is 2.72 bits per heavy atom. The van der Waals surface area contributed by atoms with Crippen molar-refractivity contribution < 1.29 is 19.1 Å². The van der Waals surface area contributed by atoms with Crippen molar-refractivity contribution in [1.82, 2.24) is 19.7 Å². The molecule has 0 spiro atoms. The van der Waals surface area contributed by atoms with Crippen molar-refractivity contribution in [2.45, 2.75) is 13.0 Å². The molecule has 0 radical (unpaired) electrons. The highest BCUT2D eigenvalue weighted by Gasteiger charge is 2.28. The van der Waals surface area contributed by atoms with Crippen LogP contribution in [0.25, 0.3) is 17.0 Å². The van der Waals surface area contributed by atoms with Crippen LogP contribution < -0.4 is 25.8 Å². The maximum Gasteiger partial charge on any atom is 0.319 e. The van der Waals surface area contributed by atoms with Crippen LogP contribution in [0.4, 0.5) is 10.5 Å². The molecule has 10 nitrogen and oxygen atoms in total. The number of carbonyl (C=O) groups is 2. The van der Waals surface area contributed by atoms with Gasteiger partial charge in [-0.3, -0.25) is 9.69 Å². The first-order valence-electron chi connectivity index (χ1n) is 13.4. The normalized spacial score (nSPS) is 16.9. The molecule has 10 heteroatoms. The van der Waals surface area contributed by atoms with Crippen molar-refractivity contribution in [1.29, 1.82) is 0 Å². The molecule has 5 rings (SSSR count). The van der Waals surface area contributed by atoms with E-state index < -0.39 is 0 Å². The van der Waals surface area contributed by atoms with Crippen molar-refractivity contribution in [3.63, 3.8) is 0 Å². The van der Waals surface area contributed by atoms with Crippen LogP contribution in [-0.2, 0) is 6.54 Å². The number of amides is 2. The van der Waals surface area contributed by atoms with E-state index in [9.17, 15) is 9.59 Å². The quantitative estimate of drug-likeness (QED) is 0.287. The highest BCUT2D eigenvalue weighted by molar-refractivity contribution is 6.15. The average Bonchev–Trinajstić information content (AvgIpc) is 3.44. The first-order valence-corrected chi connectivity index (χ1v) is 13.4. The maximum absolute atomic E-state index is 13.3. The Morgan fingerprint density at radius 2 is 1.95 bits per heavy atom. The zero-order chi connectivity index (χ0) is 27.4. The van der Waals surface area contributed by atoms with Gasteiger partial charge < -0.3 is 35.3 Å². The maximum atomic E-state index is 13.3. The summed E-state index contributed by atoms with van der Waals surface area (Å²) < 4.78 is 13.7. The second kappa shape index (κ2) is 11.9. The number of nitrogens with zero attached hydrogens (tertiary/aromatic N) is 3. The van der Waals surface area contributed by atoms with E-state index in [4.69, 9.17) is 15.2 Å². The summed E-state index contributed by atoms with van der Waals surface area (Å²) in [6, 6.07) is 10.7. The number of aromatic nitrogens is 1. The number of nitrogens with one attached hydrogen (secondary N) is 2. The Morgan fingerprint density at radius 1 is 1.13 bits per heavy atom. The fraction of sp³-hybridized carbons (Fsp3) is 0.379. The number of ether oxygens (including phenoxy) is 2. The van der Waals surface area contributed by atoms with Crippen LogP contribution in [0.15, 0.2) is 48.4 Å². The van der Waals surface area contributed by atoms with E-state index in [1.54, 1.807) is 31.4 Å². The highest BCUT2D eigenvalue weighted by Crippen LogP contribution is 2.35. The Labute approximate surface area is 228 Å². The Kier molecular flexibility index (Phi) is 8.16. The summed E-state index contributed by atoms with van der Waals surface area (Å²) >= 11 is 0. The lowest BCUT2D eigenvalue weighted by atomic mass is 10.1. The van der Waals surface area contributed by atoms with Gasteiger partial charge >= 0.3 is 6.03 Å². The van der Waals surface area contributed by atoms with Gasteiger partial charge in [0, 0.05) is 74.2 Å². The minimum atomic E-state index is -0.344. The summed E-state index contributed by atoms with van der Waals surface area (Å²) in [6.07, 6.45) is 4.56. The predicted octanol–water partition coefficient (Wildman–Crippen LogP) is 2.98. The Hall–Kier alpha value is -3.86. The molecule has 2 aromatic carbocycles. The molecule has 0 aliphatic carbocycles. The molecule has 1 fully saturated rings. The third kappa shape index (κ3) is 6.08. The highest BCUT2D eigenvalue weighted by atomic mass is 16.5. The number of benzene rings is 2. The molecule has 2 aliphatic heterocycles. The van der Waals surface area contributed by atoms with E-state index in [0.717, 1.165) is 61.5 Å². The number of anilines is 1. The lowest BCUT2D eigenvalue weighted by molar-refractivity contribution is 0.101. The van der Waals surface area contributed by atoms with Crippen LogP contribution in [-0.4, -0.2) is 86.2 Å². The topological polar surface area (TPSA) is 114 Å². The van der Waals surface area contributed by atoms with Gasteiger partial charge in [0.15, 0.2) is 5.76 Å². The number of hydrogen-bond acceptors (Lipinski definition) is 7. The van der Waals surface area contributed by atoms with Crippen molar-refractivity contribution in [2.75, 3.05) is 65.3 Å². The molecule has 39 heavy (non-hydrogen) atoms. The van der Waals surface area contributed by atoms with Crippen LogP contribution in [0.1, 0.15) is 22.3 Å². The van der Waals surface area contributed by atoms with E-state index in [1.807, 2.05) is 12.1 Å². The van der Waals surface area contributed by atoms with Crippen molar-refractivity contribution >= 4 is 34.5 Å². The van der Waals surface area contributed by atoms with Crippen molar-refractivity contribution in [3.05, 3.63) is 59.5 Å². The molecule has 0 atom stereocenters. The summed E-state index contributed by atoms with van der Waals surface area (Å²) in [5, 5.41) is 6.49. The van der Waals surface area contributed by atoms with E-state index in [1.165, 1.54) is 0 Å². The number of urea groups is 1. The number of Topliss-reactive ketones (excluding diaryl/α,β-unsaturated/α-hetero) is 1. The molecule has 0 saturated carbocycles. The summed E-state index contributed by atoms with van der Waals surface area (Å²) in [5.41, 5.74) is 8.36. The SMILES string of the molecule is COc1ccc2c(c1)c(/C=C1\Oc3ccc(NC(=O)NCCCN)cc3C1=O)cn2CCN1CCN(C)CC1. The van der Waals surface area contributed by atoms with E-state index in [0.29, 0.717) is 36.5 Å². The van der Waals surface area contributed by atoms with Crippen LogP contribution in [0.3, 0.4) is 0 Å². The van der Waals surface area contributed by atoms with Gasteiger partial charge in [-0.2, -0.15) is 0 Å². The number of hydrogen-bond donors (Lipinski definition) is 3. The lowest BCUT2D eigenvalue weighted by Gasteiger charge is -2.32. The molecule has 0 bridgehead atoms. The van der Waals surface area contributed by atoms with Gasteiger partial charge in [0.05, 0.1) is 12.7 Å². The number of allylic oxidation sites excluding steroid dienone is 1. The molecule has 3 aromatic rings. The molecule has 2 amide bonds. The zero-order valence-electron chi connectivity index (χ0n) is 22.5. The van der Waals surface area contributed by atoms with Crippen LogP contribution in [0.2, 0.25) is 0 Å². The summed E-state index contributed by atoms with van der Waals surface area (Å²) in [5.74, 6) is 1.24. The molecule has 1 saturated heterocycles. The van der Waals surface area contributed by atoms with E-state index in [2.05, 4.69) is 44.3 Å². The minimum absolute atomic E-state index is 0.224. The minimum Gasteiger partial charge on any atom is -0.497 e. The molecule has 206 valence electrons. The summed E-state index contributed by atoms with van der Waals surface area (Å²) in [6.45, 7) is 7.07. The van der Waals surface area contributed by atoms with Gasteiger partial charge in [-0.1, -0.05) is 0 Å². The summed E-state index contributed by atoms with van der Waals surface area (Å²) in [7, 11) is 3.81. The van der Waals surface area contributed by atoms with Crippen molar-refractivity contribution in [2.24, 2.45) is 5.73 Å². The number of fused-ring (bicyclic) bond motifs is 2. The average molecular weight is 533 g/mol. The Bertz CT molecular complexity index is 1390. The molecule has 2 aliphatic rings. The molecule has 4 N–H and O–H groups in total. The molecule has 3 heterocycles. The number of methoxy groups -OCH3 is 1. The zero-order valence-corrected chi connectivity index (χ0v) is 22.5. The second-order valence-corrected chi connectivity index (χ2v) is 9.98. The number of ketones is 1. The molecule has 0 unspecified atom stereocenters. The number of rotatable bonds is 9. The third-order valence-electron chi connectivity index (χ3n) is 7.25. The largest absolute Gasteiger partial charge is 0.497 e. The van der Waals surface area contributed by atoms with Gasteiger partial charge in [-0.15, -0.1) is 0 Å². The number of carbonyl (C=O) groups excluding carboxylic acids is 2. The second-order valence-electron chi connectivity index (χ2n) is 9.98. The third-order valence-corrected chi connectivity index (χ3v) is 7.25. The fourth-order valence-electron chi connectivity index (χ4n) is 4.94. The molecular weight excluding hydrogens is 496 g/mol. The van der Waals surface area contributed by atoms with E-state index >= 15 is 0 Å². The first kappa shape index (κ1) is 26.7. The smallest absolute Gasteiger partial charge is 0.319 e. The number of likely N-dealkylation sites (N-methyl/N-ethyl adjacent to an activating group) is 1. The van der Waals surface area contributed by atoms with Crippen molar-refractivity contribution in [3.8, 4) is 11.5 Å². The lowest BCUT2D eigenvalue weighted by Crippen LogP contribution is -2.45. The fourth-order valence-corrected chi connectivity index (χ4v) is 4.94. The molecule has 1 aromatic heterocycles. The van der Waals surface area contributed by atoms with Gasteiger partial charge in [0.2, 0.25) is 5.78 Å². The van der Waals surface area contributed by atoms with Crippen LogP contribution >= 0.6 is 0 Å². The van der Waals surface area contributed by atoms with Crippen LogP contribution in [0.5, 0.6) is 11.5 Å². The Balaban J connectivity index is 1.36. The monoisotopic (exact) mass is 532 g/mol.